The molecule has 0 radical (unpaired) electrons. The molecule has 1 rings (SSSR count). The standard InChI is InChI=1S/C12H20N4O3/c1-5-15(8-12(2,3)17)11-7-9(16(18)19)6-10(13-4)14-11/h6-7,17H,5,8H2,1-4H3,(H,13,14). The molecule has 0 aliphatic heterocycles. The summed E-state index contributed by atoms with van der Waals surface area (Å²) >= 11 is 0. The summed E-state index contributed by atoms with van der Waals surface area (Å²) in [6.45, 7) is 6.23. The molecule has 0 aliphatic rings. The molecule has 106 valence electrons. The van der Waals surface area contributed by atoms with E-state index in [1.165, 1.54) is 12.1 Å². The molecule has 0 aromatic carbocycles. The maximum absolute atomic E-state index is 10.9. The first kappa shape index (κ1) is 15.2. The average molecular weight is 268 g/mol. The van der Waals surface area contributed by atoms with Gasteiger partial charge in [-0.05, 0) is 20.8 Å². The lowest BCUT2D eigenvalue weighted by Gasteiger charge is -2.29. The van der Waals surface area contributed by atoms with Crippen molar-refractivity contribution < 1.29 is 10.0 Å². The number of aliphatic hydroxyl groups is 1. The predicted octanol–water partition coefficient (Wildman–Crippen LogP) is 1.63. The van der Waals surface area contributed by atoms with Gasteiger partial charge < -0.3 is 15.3 Å². The Kier molecular flexibility index (Phi) is 4.66. The second-order valence-corrected chi connectivity index (χ2v) is 4.90. The number of aromatic nitrogens is 1. The topological polar surface area (TPSA) is 91.5 Å². The molecule has 0 spiro atoms. The summed E-state index contributed by atoms with van der Waals surface area (Å²) in [4.78, 5) is 16.5. The van der Waals surface area contributed by atoms with Crippen LogP contribution >= 0.6 is 0 Å². The molecule has 7 heteroatoms. The Balaban J connectivity index is 3.15. The van der Waals surface area contributed by atoms with E-state index in [-0.39, 0.29) is 5.69 Å². The van der Waals surface area contributed by atoms with Crippen molar-refractivity contribution in [2.75, 3.05) is 30.4 Å². The van der Waals surface area contributed by atoms with Crippen molar-refractivity contribution in [3.8, 4) is 0 Å². The molecule has 0 saturated heterocycles. The fraction of sp³-hybridized carbons (Fsp3) is 0.583. The molecule has 0 atom stereocenters. The molecule has 0 aliphatic carbocycles. The molecular weight excluding hydrogens is 248 g/mol. The second-order valence-electron chi connectivity index (χ2n) is 4.90. The fourth-order valence-corrected chi connectivity index (χ4v) is 1.72. The molecule has 1 heterocycles. The number of anilines is 2. The van der Waals surface area contributed by atoms with Crippen LogP contribution < -0.4 is 10.2 Å². The number of likely N-dealkylation sites (N-methyl/N-ethyl adjacent to an activating group) is 1. The van der Waals surface area contributed by atoms with Crippen molar-refractivity contribution in [1.29, 1.82) is 0 Å². The van der Waals surface area contributed by atoms with Crippen molar-refractivity contribution in [2.24, 2.45) is 0 Å². The minimum Gasteiger partial charge on any atom is -0.389 e. The van der Waals surface area contributed by atoms with Gasteiger partial charge in [-0.25, -0.2) is 4.98 Å². The second kappa shape index (κ2) is 5.83. The first-order valence-corrected chi connectivity index (χ1v) is 6.08. The van der Waals surface area contributed by atoms with Crippen LogP contribution in [0.4, 0.5) is 17.3 Å². The largest absolute Gasteiger partial charge is 0.389 e. The molecule has 0 bridgehead atoms. The van der Waals surface area contributed by atoms with Gasteiger partial charge in [0.15, 0.2) is 0 Å². The molecule has 19 heavy (non-hydrogen) atoms. The molecule has 2 N–H and O–H groups in total. The zero-order valence-corrected chi connectivity index (χ0v) is 11.7. The summed E-state index contributed by atoms with van der Waals surface area (Å²) in [5, 5.41) is 23.6. The third kappa shape index (κ3) is 4.36. The number of nitrogens with zero attached hydrogens (tertiary/aromatic N) is 3. The summed E-state index contributed by atoms with van der Waals surface area (Å²) in [7, 11) is 1.65. The van der Waals surface area contributed by atoms with E-state index in [0.29, 0.717) is 24.7 Å². The van der Waals surface area contributed by atoms with Crippen LogP contribution in [0.3, 0.4) is 0 Å². The highest BCUT2D eigenvalue weighted by molar-refractivity contribution is 5.55. The number of hydrogen-bond donors (Lipinski definition) is 2. The van der Waals surface area contributed by atoms with Gasteiger partial charge in [0.1, 0.15) is 11.6 Å². The summed E-state index contributed by atoms with van der Waals surface area (Å²) in [5.41, 5.74) is -0.925. The number of rotatable bonds is 6. The molecule has 0 amide bonds. The van der Waals surface area contributed by atoms with Crippen LogP contribution in [0, 0.1) is 10.1 Å². The van der Waals surface area contributed by atoms with Gasteiger partial charge in [0.05, 0.1) is 22.7 Å². The van der Waals surface area contributed by atoms with Crippen LogP contribution in [-0.4, -0.2) is 40.8 Å². The van der Waals surface area contributed by atoms with Crippen molar-refractivity contribution in [2.45, 2.75) is 26.4 Å². The van der Waals surface area contributed by atoms with E-state index < -0.39 is 10.5 Å². The molecule has 0 saturated carbocycles. The highest BCUT2D eigenvalue weighted by Gasteiger charge is 2.21. The van der Waals surface area contributed by atoms with E-state index in [9.17, 15) is 15.2 Å². The normalized spacial score (nSPS) is 11.2. The minimum atomic E-state index is -0.901. The van der Waals surface area contributed by atoms with Gasteiger partial charge in [-0.3, -0.25) is 10.1 Å². The third-order valence-electron chi connectivity index (χ3n) is 2.55. The van der Waals surface area contributed by atoms with Crippen LogP contribution in [-0.2, 0) is 0 Å². The van der Waals surface area contributed by atoms with E-state index >= 15 is 0 Å². The van der Waals surface area contributed by atoms with Gasteiger partial charge >= 0.3 is 0 Å². The molecule has 1 aromatic rings. The van der Waals surface area contributed by atoms with Crippen LogP contribution in [0.15, 0.2) is 12.1 Å². The summed E-state index contributed by atoms with van der Waals surface area (Å²) < 4.78 is 0. The maximum Gasteiger partial charge on any atom is 0.276 e. The van der Waals surface area contributed by atoms with E-state index in [1.807, 2.05) is 6.92 Å². The van der Waals surface area contributed by atoms with Crippen molar-refractivity contribution in [3.05, 3.63) is 22.2 Å². The van der Waals surface area contributed by atoms with Crippen LogP contribution in [0.25, 0.3) is 0 Å². The van der Waals surface area contributed by atoms with Gasteiger partial charge in [-0.2, -0.15) is 0 Å². The van der Waals surface area contributed by atoms with Gasteiger partial charge in [0, 0.05) is 20.1 Å². The third-order valence-corrected chi connectivity index (χ3v) is 2.55. The Morgan fingerprint density at radius 3 is 2.58 bits per heavy atom. The van der Waals surface area contributed by atoms with E-state index in [4.69, 9.17) is 0 Å². The summed E-state index contributed by atoms with van der Waals surface area (Å²) in [6, 6.07) is 2.79. The number of pyridine rings is 1. The first-order valence-electron chi connectivity index (χ1n) is 6.08. The summed E-state index contributed by atoms with van der Waals surface area (Å²) in [5.74, 6) is 0.904. The molecule has 1 aromatic heterocycles. The Hall–Kier alpha value is -1.89. The lowest BCUT2D eigenvalue weighted by molar-refractivity contribution is -0.384. The predicted molar refractivity (Wildman–Crippen MR) is 74.6 cm³/mol. The highest BCUT2D eigenvalue weighted by Crippen LogP contribution is 2.24. The lowest BCUT2D eigenvalue weighted by atomic mass is 10.1. The van der Waals surface area contributed by atoms with Crippen molar-refractivity contribution in [3.63, 3.8) is 0 Å². The van der Waals surface area contributed by atoms with Gasteiger partial charge in [0.25, 0.3) is 5.69 Å². The highest BCUT2D eigenvalue weighted by atomic mass is 16.6. The lowest BCUT2D eigenvalue weighted by Crippen LogP contribution is -2.39. The Labute approximate surface area is 112 Å². The van der Waals surface area contributed by atoms with Gasteiger partial charge in [-0.15, -0.1) is 0 Å². The van der Waals surface area contributed by atoms with Crippen LogP contribution in [0.1, 0.15) is 20.8 Å². The number of nitrogens with one attached hydrogen (secondary N) is 1. The smallest absolute Gasteiger partial charge is 0.276 e. The summed E-state index contributed by atoms with van der Waals surface area (Å²) in [6.07, 6.45) is 0. The zero-order chi connectivity index (χ0) is 14.6. The number of hydrogen-bond acceptors (Lipinski definition) is 6. The average Bonchev–Trinajstić information content (AvgIpc) is 2.34. The quantitative estimate of drug-likeness (QED) is 0.602. The fourth-order valence-electron chi connectivity index (χ4n) is 1.72. The van der Waals surface area contributed by atoms with E-state index in [1.54, 1.807) is 25.8 Å². The molecule has 0 unspecified atom stereocenters. The van der Waals surface area contributed by atoms with Crippen LogP contribution in [0.2, 0.25) is 0 Å². The Morgan fingerprint density at radius 1 is 1.53 bits per heavy atom. The van der Waals surface area contributed by atoms with Crippen LogP contribution in [0.5, 0.6) is 0 Å². The monoisotopic (exact) mass is 268 g/mol. The van der Waals surface area contributed by atoms with E-state index in [2.05, 4.69) is 10.3 Å². The van der Waals surface area contributed by atoms with Gasteiger partial charge in [-0.1, -0.05) is 0 Å². The van der Waals surface area contributed by atoms with E-state index in [0.717, 1.165) is 0 Å². The number of nitro groups is 1. The minimum absolute atomic E-state index is 0.0245. The molecule has 7 nitrogen and oxygen atoms in total. The molecule has 0 fully saturated rings. The first-order chi connectivity index (χ1) is 8.76. The Morgan fingerprint density at radius 2 is 2.16 bits per heavy atom. The maximum atomic E-state index is 10.9. The Bertz CT molecular complexity index is 457. The van der Waals surface area contributed by atoms with Crippen molar-refractivity contribution >= 4 is 17.3 Å². The van der Waals surface area contributed by atoms with Crippen molar-refractivity contribution in [1.82, 2.24) is 4.98 Å². The zero-order valence-electron chi connectivity index (χ0n) is 11.7. The SMILES string of the molecule is CCN(CC(C)(C)O)c1cc([N+](=O)[O-])cc(NC)n1. The molecular formula is C12H20N4O3. The van der Waals surface area contributed by atoms with Gasteiger partial charge in [0.2, 0.25) is 0 Å².